The van der Waals surface area contributed by atoms with E-state index < -0.39 is 0 Å². The van der Waals surface area contributed by atoms with Crippen molar-refractivity contribution in [2.45, 2.75) is 63.8 Å². The molecule has 1 saturated heterocycles. The van der Waals surface area contributed by atoms with Crippen LogP contribution in [0.15, 0.2) is 0 Å². The molecule has 108 valence electrons. The number of likely N-dealkylation sites (tertiary alicyclic amines) is 1. The average molecular weight is 262 g/mol. The van der Waals surface area contributed by atoms with E-state index in [2.05, 4.69) is 4.90 Å². The zero-order valence-electron chi connectivity index (χ0n) is 12.3. The molecule has 19 heavy (non-hydrogen) atoms. The highest BCUT2D eigenvalue weighted by Gasteiger charge is 2.51. The van der Waals surface area contributed by atoms with Crippen molar-refractivity contribution in [2.24, 2.45) is 28.9 Å². The molecular formula is C17H30N2. The highest BCUT2D eigenvalue weighted by atomic mass is 15.2. The third kappa shape index (κ3) is 2.25. The summed E-state index contributed by atoms with van der Waals surface area (Å²) in [6.07, 6.45) is 13.5. The fourth-order valence-electron chi connectivity index (χ4n) is 6.54. The molecule has 2 heteroatoms. The first-order chi connectivity index (χ1) is 9.26. The van der Waals surface area contributed by atoms with E-state index in [1.54, 1.807) is 38.5 Å². The van der Waals surface area contributed by atoms with Crippen molar-refractivity contribution in [1.82, 2.24) is 4.90 Å². The molecule has 5 fully saturated rings. The lowest BCUT2D eigenvalue weighted by Crippen LogP contribution is -2.52. The smallest absolute Gasteiger partial charge is 0.0108 e. The summed E-state index contributed by atoms with van der Waals surface area (Å²) in [5, 5.41) is 0. The summed E-state index contributed by atoms with van der Waals surface area (Å²) in [5.74, 6) is 3.30. The lowest BCUT2D eigenvalue weighted by Gasteiger charge is -2.58. The minimum atomic E-state index is 0.728. The van der Waals surface area contributed by atoms with Crippen molar-refractivity contribution in [3.8, 4) is 0 Å². The molecule has 2 N–H and O–H groups in total. The lowest BCUT2D eigenvalue weighted by molar-refractivity contribution is -0.0708. The van der Waals surface area contributed by atoms with Crippen LogP contribution in [0.4, 0.5) is 0 Å². The molecule has 2 nitrogen and oxygen atoms in total. The summed E-state index contributed by atoms with van der Waals surface area (Å²) in [7, 11) is 0. The summed E-state index contributed by atoms with van der Waals surface area (Å²) in [5.41, 5.74) is 6.53. The van der Waals surface area contributed by atoms with E-state index >= 15 is 0 Å². The standard InChI is InChI=1S/C17H30N2/c18-4-3-16-2-1-5-19(16)12-17-9-13-6-14(10-17)8-15(7-13)11-17/h13-16H,1-12,18H2. The van der Waals surface area contributed by atoms with Crippen molar-refractivity contribution >= 4 is 0 Å². The van der Waals surface area contributed by atoms with Crippen LogP contribution >= 0.6 is 0 Å². The van der Waals surface area contributed by atoms with Gasteiger partial charge in [-0.3, -0.25) is 4.90 Å². The molecule has 1 aliphatic heterocycles. The van der Waals surface area contributed by atoms with Crippen molar-refractivity contribution in [1.29, 1.82) is 0 Å². The Morgan fingerprint density at radius 3 is 2.21 bits per heavy atom. The molecular weight excluding hydrogens is 232 g/mol. The molecule has 4 saturated carbocycles. The third-order valence-corrected chi connectivity index (χ3v) is 6.70. The van der Waals surface area contributed by atoms with Crippen LogP contribution in [0.3, 0.4) is 0 Å². The normalized spacial score (nSPS) is 49.1. The Morgan fingerprint density at radius 1 is 1.00 bits per heavy atom. The molecule has 4 aliphatic carbocycles. The fraction of sp³-hybridized carbons (Fsp3) is 1.00. The van der Waals surface area contributed by atoms with Crippen molar-refractivity contribution in [3.63, 3.8) is 0 Å². The number of rotatable bonds is 4. The van der Waals surface area contributed by atoms with Gasteiger partial charge in [-0.1, -0.05) is 0 Å². The Morgan fingerprint density at radius 2 is 1.63 bits per heavy atom. The van der Waals surface area contributed by atoms with Gasteiger partial charge in [-0.05, 0) is 94.0 Å². The topological polar surface area (TPSA) is 29.3 Å². The molecule has 0 aromatic carbocycles. The van der Waals surface area contributed by atoms with E-state index in [0.29, 0.717) is 0 Å². The second-order valence-electron chi connectivity index (χ2n) is 8.26. The summed E-state index contributed by atoms with van der Waals surface area (Å²) in [4.78, 5) is 2.83. The molecule has 0 radical (unpaired) electrons. The Kier molecular flexibility index (Phi) is 3.15. The summed E-state index contributed by atoms with van der Waals surface area (Å²) < 4.78 is 0. The lowest BCUT2D eigenvalue weighted by atomic mass is 9.49. The van der Waals surface area contributed by atoms with Gasteiger partial charge in [0.2, 0.25) is 0 Å². The Balaban J connectivity index is 1.47. The molecule has 1 unspecified atom stereocenters. The number of hydrogen-bond donors (Lipinski definition) is 1. The Bertz CT molecular complexity index is 303. The Hall–Kier alpha value is -0.0800. The Labute approximate surface area is 118 Å². The van der Waals surface area contributed by atoms with Crippen LogP contribution in [0.2, 0.25) is 0 Å². The van der Waals surface area contributed by atoms with E-state index in [9.17, 15) is 0 Å². The van der Waals surface area contributed by atoms with Crippen LogP contribution in [0.25, 0.3) is 0 Å². The first-order valence-electron chi connectivity index (χ1n) is 8.70. The molecule has 0 aromatic rings. The summed E-state index contributed by atoms with van der Waals surface area (Å²) in [6.45, 7) is 3.65. The zero-order chi connectivity index (χ0) is 12.9. The number of nitrogens with two attached hydrogens (primary N) is 1. The van der Waals surface area contributed by atoms with E-state index in [4.69, 9.17) is 5.73 Å². The largest absolute Gasteiger partial charge is 0.330 e. The maximum absolute atomic E-state index is 5.80. The second kappa shape index (κ2) is 4.73. The van der Waals surface area contributed by atoms with Gasteiger partial charge in [0.1, 0.15) is 0 Å². The molecule has 1 heterocycles. The number of nitrogens with zero attached hydrogens (tertiary/aromatic N) is 1. The van der Waals surface area contributed by atoms with Crippen LogP contribution in [0.5, 0.6) is 0 Å². The first kappa shape index (κ1) is 12.6. The maximum atomic E-state index is 5.80. The average Bonchev–Trinajstić information content (AvgIpc) is 2.74. The fourth-order valence-corrected chi connectivity index (χ4v) is 6.54. The molecule has 0 spiro atoms. The van der Waals surface area contributed by atoms with Crippen molar-refractivity contribution in [2.75, 3.05) is 19.6 Å². The van der Waals surface area contributed by atoms with Gasteiger partial charge in [0, 0.05) is 12.6 Å². The van der Waals surface area contributed by atoms with Crippen LogP contribution in [0.1, 0.15) is 57.8 Å². The van der Waals surface area contributed by atoms with Gasteiger partial charge in [0.15, 0.2) is 0 Å². The minimum Gasteiger partial charge on any atom is -0.330 e. The third-order valence-electron chi connectivity index (χ3n) is 6.70. The molecule has 5 rings (SSSR count). The molecule has 4 bridgehead atoms. The zero-order valence-corrected chi connectivity index (χ0v) is 12.3. The van der Waals surface area contributed by atoms with Gasteiger partial charge in [0.25, 0.3) is 0 Å². The van der Waals surface area contributed by atoms with Crippen LogP contribution < -0.4 is 5.73 Å². The van der Waals surface area contributed by atoms with E-state index in [-0.39, 0.29) is 0 Å². The SMILES string of the molecule is NCCC1CCCN1CC12CC3CC(CC(C3)C1)C2. The van der Waals surface area contributed by atoms with Crippen LogP contribution in [-0.4, -0.2) is 30.6 Å². The highest BCUT2D eigenvalue weighted by molar-refractivity contribution is 5.03. The molecule has 0 amide bonds. The van der Waals surface area contributed by atoms with E-state index in [0.717, 1.165) is 35.8 Å². The summed E-state index contributed by atoms with van der Waals surface area (Å²) >= 11 is 0. The quantitative estimate of drug-likeness (QED) is 0.844. The van der Waals surface area contributed by atoms with Crippen molar-refractivity contribution in [3.05, 3.63) is 0 Å². The second-order valence-corrected chi connectivity index (χ2v) is 8.26. The van der Waals surface area contributed by atoms with Crippen LogP contribution in [0, 0.1) is 23.2 Å². The van der Waals surface area contributed by atoms with E-state index in [1.807, 2.05) is 0 Å². The predicted molar refractivity (Wildman–Crippen MR) is 78.9 cm³/mol. The highest BCUT2D eigenvalue weighted by Crippen LogP contribution is 2.60. The molecule has 1 atom stereocenters. The van der Waals surface area contributed by atoms with Gasteiger partial charge >= 0.3 is 0 Å². The van der Waals surface area contributed by atoms with Crippen molar-refractivity contribution < 1.29 is 0 Å². The van der Waals surface area contributed by atoms with Gasteiger partial charge in [-0.25, -0.2) is 0 Å². The van der Waals surface area contributed by atoms with Gasteiger partial charge in [-0.2, -0.15) is 0 Å². The molecule has 5 aliphatic rings. The van der Waals surface area contributed by atoms with Gasteiger partial charge in [-0.15, -0.1) is 0 Å². The van der Waals surface area contributed by atoms with E-state index in [1.165, 1.54) is 32.4 Å². The number of hydrogen-bond acceptors (Lipinski definition) is 2. The predicted octanol–water partition coefficient (Wildman–Crippen LogP) is 3.02. The first-order valence-corrected chi connectivity index (χ1v) is 8.70. The van der Waals surface area contributed by atoms with Crippen LogP contribution in [-0.2, 0) is 0 Å². The summed E-state index contributed by atoms with van der Waals surface area (Å²) in [6, 6.07) is 0.818. The van der Waals surface area contributed by atoms with Gasteiger partial charge in [0.05, 0.1) is 0 Å². The van der Waals surface area contributed by atoms with Gasteiger partial charge < -0.3 is 5.73 Å². The monoisotopic (exact) mass is 262 g/mol. The maximum Gasteiger partial charge on any atom is 0.0108 e. The molecule has 0 aromatic heterocycles. The minimum absolute atomic E-state index is 0.728.